The smallest absolute Gasteiger partial charge is 0.209 e. The Morgan fingerprint density at radius 2 is 2.00 bits per heavy atom. The van der Waals surface area contributed by atoms with Crippen molar-refractivity contribution in [1.29, 1.82) is 0 Å². The molecule has 1 atom stereocenters. The minimum atomic E-state index is -0.260. The zero-order chi connectivity index (χ0) is 15.5. The summed E-state index contributed by atoms with van der Waals surface area (Å²) in [6, 6.07) is 6.21. The van der Waals surface area contributed by atoms with E-state index < -0.39 is 0 Å². The number of aliphatic hydroxyl groups excluding tert-OH is 1. The second kappa shape index (κ2) is 6.58. The van der Waals surface area contributed by atoms with Gasteiger partial charge in [-0.3, -0.25) is 4.90 Å². The minimum absolute atomic E-state index is 0.228. The second-order valence-corrected chi connectivity index (χ2v) is 5.98. The van der Waals surface area contributed by atoms with Crippen molar-refractivity contribution >= 4 is 0 Å². The van der Waals surface area contributed by atoms with Crippen LogP contribution in [-0.4, -0.2) is 34.2 Å². The predicted octanol–water partition coefficient (Wildman–Crippen LogP) is 3.07. The highest BCUT2D eigenvalue weighted by atomic mass is 19.1. The third kappa shape index (κ3) is 3.54. The molecule has 0 aliphatic carbocycles. The Morgan fingerprint density at radius 1 is 1.32 bits per heavy atom. The molecular weight excluding hydrogens is 283 g/mol. The summed E-state index contributed by atoms with van der Waals surface area (Å²) in [5.74, 6) is 1.48. The minimum Gasteiger partial charge on any atom is -0.439 e. The van der Waals surface area contributed by atoms with Gasteiger partial charge < -0.3 is 9.52 Å². The molecule has 1 unspecified atom stereocenters. The van der Waals surface area contributed by atoms with Gasteiger partial charge >= 0.3 is 0 Å². The summed E-state index contributed by atoms with van der Waals surface area (Å²) >= 11 is 0. The van der Waals surface area contributed by atoms with E-state index in [-0.39, 0.29) is 11.9 Å². The van der Waals surface area contributed by atoms with Crippen LogP contribution in [-0.2, 0) is 6.54 Å². The zero-order valence-corrected chi connectivity index (χ0v) is 12.7. The van der Waals surface area contributed by atoms with E-state index in [0.29, 0.717) is 24.1 Å². The van der Waals surface area contributed by atoms with Gasteiger partial charge in [-0.15, -0.1) is 0 Å². The standard InChI is InChI=1S/C17H21FN2O2/c1-12(21)13-6-8-20(9-7-13)11-17-19-10-16(22-17)14-2-4-15(18)5-3-14/h2-5,10,12-13,21H,6-9,11H2,1H3. The van der Waals surface area contributed by atoms with Gasteiger partial charge in [0.05, 0.1) is 18.8 Å². The van der Waals surface area contributed by atoms with Crippen LogP contribution in [0.1, 0.15) is 25.7 Å². The van der Waals surface area contributed by atoms with Crippen LogP contribution in [0.3, 0.4) is 0 Å². The first-order valence-electron chi connectivity index (χ1n) is 7.73. The molecule has 5 heteroatoms. The first kappa shape index (κ1) is 15.2. The van der Waals surface area contributed by atoms with Crippen molar-refractivity contribution < 1.29 is 13.9 Å². The SMILES string of the molecule is CC(O)C1CCN(Cc2ncc(-c3ccc(F)cc3)o2)CC1. The molecule has 3 rings (SSSR count). The van der Waals surface area contributed by atoms with Crippen LogP contribution in [0.2, 0.25) is 0 Å². The highest BCUT2D eigenvalue weighted by Crippen LogP contribution is 2.24. The number of oxazole rings is 1. The Hall–Kier alpha value is -1.72. The molecule has 1 saturated heterocycles. The highest BCUT2D eigenvalue weighted by Gasteiger charge is 2.23. The maximum absolute atomic E-state index is 12.9. The Balaban J connectivity index is 1.59. The van der Waals surface area contributed by atoms with Crippen LogP contribution in [0.4, 0.5) is 4.39 Å². The number of hydrogen-bond acceptors (Lipinski definition) is 4. The average molecular weight is 304 g/mol. The molecule has 4 nitrogen and oxygen atoms in total. The van der Waals surface area contributed by atoms with Crippen LogP contribution >= 0.6 is 0 Å². The largest absolute Gasteiger partial charge is 0.439 e. The lowest BCUT2D eigenvalue weighted by molar-refractivity contribution is 0.0668. The zero-order valence-electron chi connectivity index (χ0n) is 12.7. The van der Waals surface area contributed by atoms with Gasteiger partial charge in [0.25, 0.3) is 0 Å². The highest BCUT2D eigenvalue weighted by molar-refractivity contribution is 5.55. The number of benzene rings is 1. The fourth-order valence-electron chi connectivity index (χ4n) is 2.92. The van der Waals surface area contributed by atoms with Crippen molar-refractivity contribution in [1.82, 2.24) is 9.88 Å². The summed E-state index contributed by atoms with van der Waals surface area (Å²) in [5, 5.41) is 9.63. The molecule has 22 heavy (non-hydrogen) atoms. The summed E-state index contributed by atoms with van der Waals surface area (Å²) in [6.45, 7) is 4.44. The van der Waals surface area contributed by atoms with Gasteiger partial charge in [0.15, 0.2) is 5.76 Å². The van der Waals surface area contributed by atoms with Crippen molar-refractivity contribution in [2.45, 2.75) is 32.4 Å². The van der Waals surface area contributed by atoms with Crippen molar-refractivity contribution in [3.8, 4) is 11.3 Å². The lowest BCUT2D eigenvalue weighted by Gasteiger charge is -2.32. The van der Waals surface area contributed by atoms with E-state index in [1.807, 2.05) is 6.92 Å². The monoisotopic (exact) mass is 304 g/mol. The molecule has 1 aromatic carbocycles. The summed E-state index contributed by atoms with van der Waals surface area (Å²) in [6.07, 6.45) is 3.46. The van der Waals surface area contributed by atoms with E-state index in [1.54, 1.807) is 18.3 Å². The summed E-state index contributed by atoms with van der Waals surface area (Å²) in [5.41, 5.74) is 0.827. The van der Waals surface area contributed by atoms with E-state index in [1.165, 1.54) is 12.1 Å². The molecule has 0 spiro atoms. The predicted molar refractivity (Wildman–Crippen MR) is 81.6 cm³/mol. The molecule has 1 aromatic heterocycles. The molecule has 0 radical (unpaired) electrons. The fraction of sp³-hybridized carbons (Fsp3) is 0.471. The van der Waals surface area contributed by atoms with Crippen LogP contribution in [0.15, 0.2) is 34.9 Å². The normalized spacial score (nSPS) is 18.5. The molecule has 0 bridgehead atoms. The molecule has 2 heterocycles. The van der Waals surface area contributed by atoms with E-state index in [2.05, 4.69) is 9.88 Å². The van der Waals surface area contributed by atoms with Crippen molar-refractivity contribution in [3.63, 3.8) is 0 Å². The number of nitrogens with zero attached hydrogens (tertiary/aromatic N) is 2. The number of aromatic nitrogens is 1. The second-order valence-electron chi connectivity index (χ2n) is 5.98. The van der Waals surface area contributed by atoms with Crippen molar-refractivity contribution in [3.05, 3.63) is 42.2 Å². The Bertz CT molecular complexity index is 601. The van der Waals surface area contributed by atoms with E-state index in [9.17, 15) is 9.50 Å². The third-order valence-electron chi connectivity index (χ3n) is 4.36. The van der Waals surface area contributed by atoms with Gasteiger partial charge in [-0.2, -0.15) is 0 Å². The van der Waals surface area contributed by atoms with Gasteiger partial charge in [0.2, 0.25) is 5.89 Å². The maximum Gasteiger partial charge on any atom is 0.209 e. The van der Waals surface area contributed by atoms with E-state index in [4.69, 9.17) is 4.42 Å². The Labute approximate surface area is 129 Å². The molecule has 1 aliphatic rings. The molecular formula is C17H21FN2O2. The van der Waals surface area contributed by atoms with Crippen LogP contribution in [0, 0.1) is 11.7 Å². The number of piperidine rings is 1. The van der Waals surface area contributed by atoms with Gasteiger partial charge in [-0.25, -0.2) is 9.37 Å². The average Bonchev–Trinajstić information content (AvgIpc) is 2.97. The van der Waals surface area contributed by atoms with Gasteiger partial charge in [-0.1, -0.05) is 0 Å². The van der Waals surface area contributed by atoms with Gasteiger partial charge in [0, 0.05) is 5.56 Å². The Morgan fingerprint density at radius 3 is 2.64 bits per heavy atom. The first-order valence-corrected chi connectivity index (χ1v) is 7.73. The van der Waals surface area contributed by atoms with Gasteiger partial charge in [0.1, 0.15) is 5.82 Å². The fourth-order valence-corrected chi connectivity index (χ4v) is 2.92. The number of hydrogen-bond donors (Lipinski definition) is 1. The number of aliphatic hydroxyl groups is 1. The topological polar surface area (TPSA) is 49.5 Å². The summed E-state index contributed by atoms with van der Waals surface area (Å²) < 4.78 is 18.7. The molecule has 0 saturated carbocycles. The van der Waals surface area contributed by atoms with Crippen LogP contribution in [0.5, 0.6) is 0 Å². The molecule has 1 aliphatic heterocycles. The van der Waals surface area contributed by atoms with E-state index >= 15 is 0 Å². The Kier molecular flexibility index (Phi) is 4.55. The molecule has 118 valence electrons. The first-order chi connectivity index (χ1) is 10.6. The number of halogens is 1. The third-order valence-corrected chi connectivity index (χ3v) is 4.36. The number of rotatable bonds is 4. The van der Waals surface area contributed by atoms with E-state index in [0.717, 1.165) is 31.5 Å². The summed E-state index contributed by atoms with van der Waals surface area (Å²) in [7, 11) is 0. The van der Waals surface area contributed by atoms with Crippen molar-refractivity contribution in [2.75, 3.05) is 13.1 Å². The van der Waals surface area contributed by atoms with Crippen LogP contribution in [0.25, 0.3) is 11.3 Å². The number of likely N-dealkylation sites (tertiary alicyclic amines) is 1. The molecule has 2 aromatic rings. The van der Waals surface area contributed by atoms with Crippen molar-refractivity contribution in [2.24, 2.45) is 5.92 Å². The lowest BCUT2D eigenvalue weighted by atomic mass is 9.92. The van der Waals surface area contributed by atoms with Crippen LogP contribution < -0.4 is 0 Å². The molecule has 0 amide bonds. The molecule has 1 N–H and O–H groups in total. The van der Waals surface area contributed by atoms with Gasteiger partial charge in [-0.05, 0) is 63.0 Å². The molecule has 1 fully saturated rings. The quantitative estimate of drug-likeness (QED) is 0.943. The lowest BCUT2D eigenvalue weighted by Crippen LogP contribution is -2.36. The maximum atomic E-state index is 12.9. The summed E-state index contributed by atoms with van der Waals surface area (Å²) in [4.78, 5) is 6.60.